The van der Waals surface area contributed by atoms with Gasteiger partial charge < -0.3 is 5.73 Å². The van der Waals surface area contributed by atoms with E-state index in [1.54, 1.807) is 0 Å². The average molecular weight is 344 g/mol. The van der Waals surface area contributed by atoms with Gasteiger partial charge in [-0.05, 0) is 54.1 Å². The first-order valence-corrected chi connectivity index (χ1v) is 7.00. The largest absolute Gasteiger partial charge is 0.327 e. The molecule has 1 fully saturated rings. The van der Waals surface area contributed by atoms with Crippen molar-refractivity contribution in [3.05, 3.63) is 33.4 Å². The van der Waals surface area contributed by atoms with Gasteiger partial charge in [0.2, 0.25) is 0 Å². The molecule has 0 saturated carbocycles. The van der Waals surface area contributed by atoms with Crippen LogP contribution in [0.15, 0.2) is 24.3 Å². The molecule has 17 heavy (non-hydrogen) atoms. The van der Waals surface area contributed by atoms with Crippen molar-refractivity contribution in [1.82, 2.24) is 4.90 Å². The van der Waals surface area contributed by atoms with Crippen LogP contribution in [0.5, 0.6) is 0 Å². The number of benzene rings is 1. The molecule has 0 bridgehead atoms. The van der Waals surface area contributed by atoms with Gasteiger partial charge in [0, 0.05) is 21.7 Å². The highest BCUT2D eigenvalue weighted by molar-refractivity contribution is 14.1. The predicted octanol–water partition coefficient (Wildman–Crippen LogP) is 1.90. The number of piperidine rings is 1. The summed E-state index contributed by atoms with van der Waals surface area (Å²) in [6.07, 6.45) is 2.18. The molecule has 1 aliphatic heterocycles. The van der Waals surface area contributed by atoms with E-state index in [2.05, 4.69) is 27.5 Å². The van der Waals surface area contributed by atoms with Gasteiger partial charge in [0.05, 0.1) is 6.54 Å². The van der Waals surface area contributed by atoms with E-state index in [-0.39, 0.29) is 11.8 Å². The van der Waals surface area contributed by atoms with Gasteiger partial charge in [-0.25, -0.2) is 0 Å². The lowest BCUT2D eigenvalue weighted by atomic mass is 10.1. The fraction of sp³-hybridized carbons (Fsp3) is 0.462. The van der Waals surface area contributed by atoms with Crippen molar-refractivity contribution in [1.29, 1.82) is 0 Å². The van der Waals surface area contributed by atoms with Gasteiger partial charge in [-0.2, -0.15) is 0 Å². The Kier molecular flexibility index (Phi) is 4.53. The molecule has 3 nitrogen and oxygen atoms in total. The highest BCUT2D eigenvalue weighted by Crippen LogP contribution is 2.11. The Bertz CT molecular complexity index is 391. The molecule has 1 aliphatic rings. The fourth-order valence-electron chi connectivity index (χ4n) is 2.17. The topological polar surface area (TPSA) is 46.3 Å². The number of carbonyl (C=O) groups excluding carboxylic acids is 1. The lowest BCUT2D eigenvalue weighted by Crippen LogP contribution is -2.44. The highest BCUT2D eigenvalue weighted by atomic mass is 127. The summed E-state index contributed by atoms with van der Waals surface area (Å²) in [6, 6.07) is 7.96. The number of likely N-dealkylation sites (tertiary alicyclic amines) is 1. The van der Waals surface area contributed by atoms with E-state index in [4.69, 9.17) is 5.73 Å². The first-order valence-electron chi connectivity index (χ1n) is 5.92. The Morgan fingerprint density at radius 1 is 1.41 bits per heavy atom. The predicted molar refractivity (Wildman–Crippen MR) is 77.1 cm³/mol. The zero-order valence-corrected chi connectivity index (χ0v) is 11.9. The second kappa shape index (κ2) is 5.93. The number of carbonyl (C=O) groups is 1. The van der Waals surface area contributed by atoms with Crippen LogP contribution in [0.25, 0.3) is 0 Å². The van der Waals surface area contributed by atoms with Gasteiger partial charge in [-0.1, -0.05) is 12.1 Å². The van der Waals surface area contributed by atoms with E-state index < -0.39 is 0 Å². The SMILES string of the molecule is NC1CCCN(CC(=O)c2ccc(I)cc2)C1. The number of nitrogens with two attached hydrogens (primary N) is 1. The van der Waals surface area contributed by atoms with Crippen molar-refractivity contribution in [3.63, 3.8) is 0 Å². The van der Waals surface area contributed by atoms with Crippen molar-refractivity contribution >= 4 is 28.4 Å². The summed E-state index contributed by atoms with van der Waals surface area (Å²) in [4.78, 5) is 14.2. The summed E-state index contributed by atoms with van der Waals surface area (Å²) in [5.41, 5.74) is 6.70. The maximum Gasteiger partial charge on any atom is 0.176 e. The number of ketones is 1. The van der Waals surface area contributed by atoms with Crippen LogP contribution >= 0.6 is 22.6 Å². The number of nitrogens with zero attached hydrogens (tertiary/aromatic N) is 1. The van der Waals surface area contributed by atoms with E-state index >= 15 is 0 Å². The van der Waals surface area contributed by atoms with Crippen LogP contribution in [0.4, 0.5) is 0 Å². The Balaban J connectivity index is 1.94. The zero-order valence-electron chi connectivity index (χ0n) is 9.73. The molecule has 1 saturated heterocycles. The minimum Gasteiger partial charge on any atom is -0.327 e. The van der Waals surface area contributed by atoms with E-state index in [0.29, 0.717) is 6.54 Å². The van der Waals surface area contributed by atoms with Gasteiger partial charge in [-0.3, -0.25) is 9.69 Å². The lowest BCUT2D eigenvalue weighted by Gasteiger charge is -2.29. The van der Waals surface area contributed by atoms with E-state index in [9.17, 15) is 4.79 Å². The molecule has 0 amide bonds. The first kappa shape index (κ1) is 13.0. The van der Waals surface area contributed by atoms with Crippen LogP contribution in [0.2, 0.25) is 0 Å². The third-order valence-electron chi connectivity index (χ3n) is 3.08. The molecule has 0 aromatic heterocycles. The van der Waals surface area contributed by atoms with Crippen molar-refractivity contribution in [2.45, 2.75) is 18.9 Å². The van der Waals surface area contributed by atoms with E-state index in [0.717, 1.165) is 35.1 Å². The molecule has 92 valence electrons. The Labute approximate surface area is 116 Å². The summed E-state index contributed by atoms with van der Waals surface area (Å²) in [7, 11) is 0. The first-order chi connectivity index (χ1) is 8.15. The Morgan fingerprint density at radius 2 is 2.12 bits per heavy atom. The monoisotopic (exact) mass is 344 g/mol. The minimum atomic E-state index is 0.190. The molecule has 1 unspecified atom stereocenters. The van der Waals surface area contributed by atoms with Crippen molar-refractivity contribution < 1.29 is 4.79 Å². The standard InChI is InChI=1S/C13H17IN2O/c14-11-5-3-10(4-6-11)13(17)9-16-7-1-2-12(15)8-16/h3-6,12H,1-2,7-9,15H2. The van der Waals surface area contributed by atoms with Crippen molar-refractivity contribution in [2.24, 2.45) is 5.73 Å². The molecule has 1 aromatic rings. The molecule has 0 aliphatic carbocycles. The molecule has 1 aromatic carbocycles. The highest BCUT2D eigenvalue weighted by Gasteiger charge is 2.19. The van der Waals surface area contributed by atoms with E-state index in [1.165, 1.54) is 0 Å². The molecule has 2 rings (SSSR count). The number of hydrogen-bond donors (Lipinski definition) is 1. The third kappa shape index (κ3) is 3.76. The molecular formula is C13H17IN2O. The zero-order chi connectivity index (χ0) is 12.3. The lowest BCUT2D eigenvalue weighted by molar-refractivity contribution is 0.0908. The van der Waals surface area contributed by atoms with E-state index in [1.807, 2.05) is 24.3 Å². The maximum absolute atomic E-state index is 12.0. The molecule has 2 N–H and O–H groups in total. The summed E-state index contributed by atoms with van der Waals surface area (Å²) >= 11 is 2.24. The molecular weight excluding hydrogens is 327 g/mol. The van der Waals surface area contributed by atoms with Crippen LogP contribution < -0.4 is 5.73 Å². The van der Waals surface area contributed by atoms with Crippen LogP contribution in [0.3, 0.4) is 0 Å². The van der Waals surface area contributed by atoms with Gasteiger partial charge in [0.25, 0.3) is 0 Å². The van der Waals surface area contributed by atoms with Crippen molar-refractivity contribution in [2.75, 3.05) is 19.6 Å². The smallest absolute Gasteiger partial charge is 0.176 e. The number of rotatable bonds is 3. The average Bonchev–Trinajstić information content (AvgIpc) is 2.29. The summed E-state index contributed by atoms with van der Waals surface area (Å²) in [5, 5.41) is 0. The van der Waals surface area contributed by atoms with Gasteiger partial charge in [0.1, 0.15) is 0 Å². The third-order valence-corrected chi connectivity index (χ3v) is 3.79. The molecule has 0 spiro atoms. The molecule has 0 radical (unpaired) electrons. The van der Waals surface area contributed by atoms with Gasteiger partial charge in [-0.15, -0.1) is 0 Å². The van der Waals surface area contributed by atoms with Crippen LogP contribution in [-0.4, -0.2) is 36.4 Å². The second-order valence-electron chi connectivity index (χ2n) is 4.57. The Hall–Kier alpha value is -0.460. The van der Waals surface area contributed by atoms with Crippen molar-refractivity contribution in [3.8, 4) is 0 Å². The Morgan fingerprint density at radius 3 is 2.76 bits per heavy atom. The molecule has 4 heteroatoms. The summed E-state index contributed by atoms with van der Waals surface area (Å²) < 4.78 is 1.15. The maximum atomic E-state index is 12.0. The normalized spacial score (nSPS) is 21.4. The summed E-state index contributed by atoms with van der Waals surface area (Å²) in [6.45, 7) is 2.33. The van der Waals surface area contributed by atoms with Crippen LogP contribution in [0.1, 0.15) is 23.2 Å². The minimum absolute atomic E-state index is 0.190. The quantitative estimate of drug-likeness (QED) is 0.673. The molecule has 1 atom stereocenters. The molecule has 1 heterocycles. The van der Waals surface area contributed by atoms with Gasteiger partial charge >= 0.3 is 0 Å². The number of halogens is 1. The van der Waals surface area contributed by atoms with Gasteiger partial charge in [0.15, 0.2) is 5.78 Å². The van der Waals surface area contributed by atoms with Crippen LogP contribution in [0, 0.1) is 3.57 Å². The fourth-order valence-corrected chi connectivity index (χ4v) is 2.52. The van der Waals surface area contributed by atoms with Crippen LogP contribution in [-0.2, 0) is 0 Å². The summed E-state index contributed by atoms with van der Waals surface area (Å²) in [5.74, 6) is 0.190. The number of hydrogen-bond acceptors (Lipinski definition) is 3. The second-order valence-corrected chi connectivity index (χ2v) is 5.81. The number of Topliss-reactive ketones (excluding diaryl/α,β-unsaturated/α-hetero) is 1.